The Hall–Kier alpha value is -3.31. The van der Waals surface area contributed by atoms with Crippen LogP contribution in [0.3, 0.4) is 0 Å². The molecule has 5 nitrogen and oxygen atoms in total. The fourth-order valence-corrected chi connectivity index (χ4v) is 2.31. The Labute approximate surface area is 147 Å². The summed E-state index contributed by atoms with van der Waals surface area (Å²) in [5.74, 6) is 0.394. The van der Waals surface area contributed by atoms with E-state index in [0.29, 0.717) is 16.9 Å². The van der Waals surface area contributed by atoms with Crippen molar-refractivity contribution in [1.82, 2.24) is 4.90 Å². The molecule has 126 valence electrons. The van der Waals surface area contributed by atoms with Gasteiger partial charge in [0.25, 0.3) is 5.91 Å². The van der Waals surface area contributed by atoms with Crippen LogP contribution in [0.1, 0.15) is 34.8 Å². The van der Waals surface area contributed by atoms with Gasteiger partial charge in [0.2, 0.25) is 0 Å². The molecule has 1 unspecified atom stereocenters. The van der Waals surface area contributed by atoms with Crippen LogP contribution in [0.4, 0.5) is 0 Å². The van der Waals surface area contributed by atoms with Gasteiger partial charge in [-0.15, -0.1) is 0 Å². The summed E-state index contributed by atoms with van der Waals surface area (Å²) in [6.45, 7) is 2.09. The summed E-state index contributed by atoms with van der Waals surface area (Å²) < 4.78 is 5.74. The van der Waals surface area contributed by atoms with Crippen molar-refractivity contribution in [1.29, 1.82) is 10.5 Å². The largest absolute Gasteiger partial charge is 0.489 e. The molecule has 0 aliphatic heterocycles. The average Bonchev–Trinajstić information content (AvgIpc) is 2.65. The first kappa shape index (κ1) is 18.0. The molecular formula is C20H19N3O2. The highest BCUT2D eigenvalue weighted by atomic mass is 16.5. The van der Waals surface area contributed by atoms with E-state index in [9.17, 15) is 4.79 Å². The van der Waals surface area contributed by atoms with Crippen molar-refractivity contribution in [2.24, 2.45) is 0 Å². The van der Waals surface area contributed by atoms with Crippen LogP contribution in [0, 0.1) is 22.7 Å². The summed E-state index contributed by atoms with van der Waals surface area (Å²) in [4.78, 5) is 14.1. The van der Waals surface area contributed by atoms with Crippen LogP contribution < -0.4 is 4.74 Å². The molecule has 0 aliphatic carbocycles. The molecule has 1 atom stereocenters. The molecule has 0 radical (unpaired) electrons. The Bertz CT molecular complexity index is 833. The van der Waals surface area contributed by atoms with Gasteiger partial charge < -0.3 is 9.64 Å². The molecule has 1 amide bonds. The van der Waals surface area contributed by atoms with E-state index in [1.165, 1.54) is 0 Å². The van der Waals surface area contributed by atoms with Gasteiger partial charge in [-0.05, 0) is 31.2 Å². The van der Waals surface area contributed by atoms with Gasteiger partial charge in [-0.2, -0.15) is 10.5 Å². The van der Waals surface area contributed by atoms with Crippen molar-refractivity contribution >= 4 is 5.91 Å². The fourth-order valence-electron chi connectivity index (χ4n) is 2.31. The lowest BCUT2D eigenvalue weighted by Gasteiger charge is -2.23. The number of benzene rings is 2. The second kappa shape index (κ2) is 8.52. The summed E-state index contributed by atoms with van der Waals surface area (Å²) >= 11 is 0. The molecule has 2 aromatic carbocycles. The quantitative estimate of drug-likeness (QED) is 0.810. The number of nitriles is 2. The van der Waals surface area contributed by atoms with E-state index in [4.69, 9.17) is 15.3 Å². The van der Waals surface area contributed by atoms with Crippen molar-refractivity contribution in [3.63, 3.8) is 0 Å². The van der Waals surface area contributed by atoms with Crippen LogP contribution in [0.2, 0.25) is 0 Å². The molecule has 0 N–H and O–H groups in total. The first-order chi connectivity index (χ1) is 12.1. The Morgan fingerprint density at radius 3 is 2.68 bits per heavy atom. The van der Waals surface area contributed by atoms with E-state index in [1.54, 1.807) is 48.3 Å². The maximum absolute atomic E-state index is 12.5. The topological polar surface area (TPSA) is 77.1 Å². The van der Waals surface area contributed by atoms with Crippen LogP contribution in [-0.2, 0) is 6.61 Å². The predicted octanol–water partition coefficient (Wildman–Crippen LogP) is 3.51. The van der Waals surface area contributed by atoms with E-state index >= 15 is 0 Å². The lowest BCUT2D eigenvalue weighted by Crippen LogP contribution is -2.34. The van der Waals surface area contributed by atoms with Gasteiger partial charge in [-0.3, -0.25) is 4.79 Å². The number of ether oxygens (including phenoxy) is 1. The zero-order valence-electron chi connectivity index (χ0n) is 14.3. The molecular weight excluding hydrogens is 314 g/mol. The molecule has 5 heteroatoms. The number of hydrogen-bond donors (Lipinski definition) is 0. The summed E-state index contributed by atoms with van der Waals surface area (Å²) in [6, 6.07) is 18.2. The minimum absolute atomic E-state index is 0.161. The standard InChI is InChI=1S/C20H19N3O2/c1-15(10-11-21)23(2)20(24)16-8-5-9-19(12-16)25-14-18-7-4-3-6-17(18)13-22/h3-9,12,15H,10,14H2,1-2H3. The van der Waals surface area contributed by atoms with Crippen molar-refractivity contribution in [2.45, 2.75) is 26.0 Å². The molecule has 25 heavy (non-hydrogen) atoms. The maximum atomic E-state index is 12.5. The first-order valence-corrected chi connectivity index (χ1v) is 7.91. The molecule has 0 spiro atoms. The third-order valence-corrected chi connectivity index (χ3v) is 3.98. The maximum Gasteiger partial charge on any atom is 0.254 e. The van der Waals surface area contributed by atoms with Crippen molar-refractivity contribution in [3.05, 3.63) is 65.2 Å². The highest BCUT2D eigenvalue weighted by Crippen LogP contribution is 2.18. The van der Waals surface area contributed by atoms with Crippen LogP contribution in [0.25, 0.3) is 0 Å². The van der Waals surface area contributed by atoms with Crippen molar-refractivity contribution in [3.8, 4) is 17.9 Å². The molecule has 0 aromatic heterocycles. The van der Waals surface area contributed by atoms with Crippen molar-refractivity contribution < 1.29 is 9.53 Å². The monoisotopic (exact) mass is 333 g/mol. The zero-order chi connectivity index (χ0) is 18.2. The molecule has 0 bridgehead atoms. The number of rotatable bonds is 6. The third kappa shape index (κ3) is 4.59. The van der Waals surface area contributed by atoms with Gasteiger partial charge in [0.1, 0.15) is 12.4 Å². The molecule has 0 heterocycles. The van der Waals surface area contributed by atoms with E-state index in [-0.39, 0.29) is 25.0 Å². The van der Waals surface area contributed by atoms with E-state index in [0.717, 1.165) is 5.56 Å². The highest BCUT2D eigenvalue weighted by molar-refractivity contribution is 5.94. The van der Waals surface area contributed by atoms with E-state index in [2.05, 4.69) is 12.1 Å². The molecule has 0 aliphatic rings. The summed E-state index contributed by atoms with van der Waals surface area (Å²) in [5, 5.41) is 17.9. The molecule has 0 saturated heterocycles. The number of nitrogens with zero attached hydrogens (tertiary/aromatic N) is 3. The Morgan fingerprint density at radius 2 is 1.96 bits per heavy atom. The normalized spacial score (nSPS) is 11.0. The lowest BCUT2D eigenvalue weighted by atomic mass is 10.1. The van der Waals surface area contributed by atoms with E-state index < -0.39 is 0 Å². The second-order valence-corrected chi connectivity index (χ2v) is 5.71. The number of hydrogen-bond acceptors (Lipinski definition) is 4. The minimum atomic E-state index is -0.162. The Morgan fingerprint density at radius 1 is 1.20 bits per heavy atom. The average molecular weight is 333 g/mol. The second-order valence-electron chi connectivity index (χ2n) is 5.71. The van der Waals surface area contributed by atoms with Crippen LogP contribution >= 0.6 is 0 Å². The number of carbonyl (C=O) groups is 1. The van der Waals surface area contributed by atoms with Gasteiger partial charge in [0, 0.05) is 24.2 Å². The van der Waals surface area contributed by atoms with Gasteiger partial charge in [0.15, 0.2) is 0 Å². The van der Waals surface area contributed by atoms with Gasteiger partial charge in [-0.25, -0.2) is 0 Å². The molecule has 2 aromatic rings. The number of amides is 1. The molecule has 0 saturated carbocycles. The zero-order valence-corrected chi connectivity index (χ0v) is 14.3. The van der Waals surface area contributed by atoms with Gasteiger partial charge >= 0.3 is 0 Å². The van der Waals surface area contributed by atoms with Gasteiger partial charge in [-0.1, -0.05) is 24.3 Å². The molecule has 2 rings (SSSR count). The Balaban J connectivity index is 2.10. The summed E-state index contributed by atoms with van der Waals surface area (Å²) in [5.41, 5.74) is 1.86. The minimum Gasteiger partial charge on any atom is -0.489 e. The fraction of sp³-hybridized carbons (Fsp3) is 0.250. The SMILES string of the molecule is CC(CC#N)N(C)C(=O)c1cccc(OCc2ccccc2C#N)c1. The van der Waals surface area contributed by atoms with Crippen LogP contribution in [0.5, 0.6) is 5.75 Å². The predicted molar refractivity (Wildman–Crippen MR) is 93.7 cm³/mol. The van der Waals surface area contributed by atoms with Crippen molar-refractivity contribution in [2.75, 3.05) is 7.05 Å². The Kier molecular flexibility index (Phi) is 6.14. The highest BCUT2D eigenvalue weighted by Gasteiger charge is 2.17. The van der Waals surface area contributed by atoms with Crippen LogP contribution in [-0.4, -0.2) is 23.9 Å². The van der Waals surface area contributed by atoms with Gasteiger partial charge in [0.05, 0.1) is 24.1 Å². The number of carbonyl (C=O) groups excluding carboxylic acids is 1. The van der Waals surface area contributed by atoms with E-state index in [1.807, 2.05) is 19.1 Å². The summed E-state index contributed by atoms with van der Waals surface area (Å²) in [7, 11) is 1.68. The third-order valence-electron chi connectivity index (χ3n) is 3.98. The molecule has 0 fully saturated rings. The summed E-state index contributed by atoms with van der Waals surface area (Å²) in [6.07, 6.45) is 0.281. The first-order valence-electron chi connectivity index (χ1n) is 7.91. The smallest absolute Gasteiger partial charge is 0.254 e. The van der Waals surface area contributed by atoms with Crippen LogP contribution in [0.15, 0.2) is 48.5 Å². The lowest BCUT2D eigenvalue weighted by molar-refractivity contribution is 0.0745.